The Hall–Kier alpha value is -0.770. The first kappa shape index (κ1) is 12.0. The standard InChI is InChI=1S/C5H12N4.ClH/c1-2-3-4-8-9-5(6)7;/h4H,2-3H2,1H3,(H4,6,7,9);1H. The number of nitrogens with two attached hydrogens (primary N) is 1. The summed E-state index contributed by atoms with van der Waals surface area (Å²) in [6, 6.07) is 0. The van der Waals surface area contributed by atoms with Crippen LogP contribution in [0.25, 0.3) is 0 Å². The van der Waals surface area contributed by atoms with Gasteiger partial charge in [0.2, 0.25) is 5.96 Å². The maximum absolute atomic E-state index is 6.68. The summed E-state index contributed by atoms with van der Waals surface area (Å²) in [6.45, 7) is 2.06. The Balaban J connectivity index is 0. The van der Waals surface area contributed by atoms with Crippen molar-refractivity contribution in [2.45, 2.75) is 19.8 Å². The highest BCUT2D eigenvalue weighted by Crippen LogP contribution is 1.77. The van der Waals surface area contributed by atoms with Crippen LogP contribution in [0.15, 0.2) is 5.10 Å². The predicted molar refractivity (Wildman–Crippen MR) is 45.7 cm³/mol. The lowest BCUT2D eigenvalue weighted by molar-refractivity contribution is 0.957. The minimum absolute atomic E-state index is 0. The molecule has 5 heteroatoms. The van der Waals surface area contributed by atoms with Crippen molar-refractivity contribution in [3.05, 3.63) is 0 Å². The molecule has 0 unspecified atom stereocenters. The molecule has 0 aliphatic heterocycles. The van der Waals surface area contributed by atoms with Crippen LogP contribution in [-0.2, 0) is 0 Å². The van der Waals surface area contributed by atoms with E-state index in [0.717, 1.165) is 12.8 Å². The van der Waals surface area contributed by atoms with Gasteiger partial charge >= 0.3 is 0 Å². The van der Waals surface area contributed by atoms with Crippen LogP contribution >= 0.6 is 12.4 Å². The number of hydrogen-bond acceptors (Lipinski definition) is 2. The normalized spacial score (nSPS) is 8.90. The van der Waals surface area contributed by atoms with Crippen LogP contribution in [0.2, 0.25) is 0 Å². The first-order valence-electron chi connectivity index (χ1n) is 2.89. The van der Waals surface area contributed by atoms with E-state index < -0.39 is 0 Å². The molecule has 0 radical (unpaired) electrons. The van der Waals surface area contributed by atoms with Crippen molar-refractivity contribution in [2.75, 3.05) is 0 Å². The fourth-order valence-corrected chi connectivity index (χ4v) is 0.309. The van der Waals surface area contributed by atoms with Crippen LogP contribution in [0.1, 0.15) is 19.8 Å². The fraction of sp³-hybridized carbons (Fsp3) is 0.600. The second-order valence-electron chi connectivity index (χ2n) is 1.63. The molecule has 0 fully saturated rings. The van der Waals surface area contributed by atoms with E-state index in [-0.39, 0.29) is 18.4 Å². The number of guanidine groups is 1. The average molecular weight is 165 g/mol. The van der Waals surface area contributed by atoms with Gasteiger partial charge in [0, 0.05) is 6.21 Å². The lowest BCUT2D eigenvalue weighted by atomic mass is 10.4. The van der Waals surface area contributed by atoms with Crippen molar-refractivity contribution < 1.29 is 0 Å². The first-order valence-corrected chi connectivity index (χ1v) is 2.89. The lowest BCUT2D eigenvalue weighted by Crippen LogP contribution is -2.25. The maximum atomic E-state index is 6.68. The van der Waals surface area contributed by atoms with Gasteiger partial charge in [-0.05, 0) is 6.42 Å². The summed E-state index contributed by atoms with van der Waals surface area (Å²) >= 11 is 0. The molecule has 60 valence electrons. The number of rotatable bonds is 3. The highest BCUT2D eigenvalue weighted by Gasteiger charge is 1.76. The van der Waals surface area contributed by atoms with E-state index in [1.807, 2.05) is 0 Å². The summed E-state index contributed by atoms with van der Waals surface area (Å²) in [6.07, 6.45) is 3.67. The summed E-state index contributed by atoms with van der Waals surface area (Å²) in [4.78, 5) is 0. The van der Waals surface area contributed by atoms with Crippen LogP contribution < -0.4 is 11.2 Å². The molecule has 0 spiro atoms. The van der Waals surface area contributed by atoms with Crippen LogP contribution in [0.3, 0.4) is 0 Å². The van der Waals surface area contributed by atoms with Gasteiger partial charge in [-0.1, -0.05) is 13.3 Å². The minimum atomic E-state index is -0.123. The number of nitrogens with one attached hydrogen (secondary N) is 2. The van der Waals surface area contributed by atoms with Gasteiger partial charge in [0.15, 0.2) is 0 Å². The van der Waals surface area contributed by atoms with Gasteiger partial charge in [0.1, 0.15) is 0 Å². The lowest BCUT2D eigenvalue weighted by Gasteiger charge is -1.91. The molecule has 0 aliphatic carbocycles. The fourth-order valence-electron chi connectivity index (χ4n) is 0.309. The molecule has 0 rings (SSSR count). The van der Waals surface area contributed by atoms with E-state index >= 15 is 0 Å². The van der Waals surface area contributed by atoms with Gasteiger partial charge in [-0.25, -0.2) is 5.43 Å². The molecule has 10 heavy (non-hydrogen) atoms. The van der Waals surface area contributed by atoms with Crippen molar-refractivity contribution in [1.82, 2.24) is 5.43 Å². The van der Waals surface area contributed by atoms with Crippen LogP contribution in [0.5, 0.6) is 0 Å². The third kappa shape index (κ3) is 10.3. The van der Waals surface area contributed by atoms with E-state index in [2.05, 4.69) is 17.5 Å². The van der Waals surface area contributed by atoms with Crippen molar-refractivity contribution in [1.29, 1.82) is 5.41 Å². The van der Waals surface area contributed by atoms with Gasteiger partial charge in [-0.15, -0.1) is 12.4 Å². The molecule has 0 amide bonds. The summed E-state index contributed by atoms with van der Waals surface area (Å²) in [5.41, 5.74) is 7.24. The number of unbranched alkanes of at least 4 members (excludes halogenated alkanes) is 1. The monoisotopic (exact) mass is 164 g/mol. The van der Waals surface area contributed by atoms with E-state index in [1.54, 1.807) is 6.21 Å². The molecular weight excluding hydrogens is 152 g/mol. The molecule has 4 N–H and O–H groups in total. The molecule has 0 saturated heterocycles. The second-order valence-corrected chi connectivity index (χ2v) is 1.63. The zero-order chi connectivity index (χ0) is 7.11. The van der Waals surface area contributed by atoms with Gasteiger partial charge in [0.05, 0.1) is 0 Å². The number of halogens is 1. The Morgan fingerprint density at radius 3 is 2.80 bits per heavy atom. The summed E-state index contributed by atoms with van der Waals surface area (Å²) < 4.78 is 0. The quantitative estimate of drug-likeness (QED) is 0.326. The average Bonchev–Trinajstić information content (AvgIpc) is 1.80. The second kappa shape index (κ2) is 8.23. The molecule has 0 saturated carbocycles. The molecular formula is C5H13ClN4. The Morgan fingerprint density at radius 2 is 2.40 bits per heavy atom. The van der Waals surface area contributed by atoms with Crippen LogP contribution in [0.4, 0.5) is 0 Å². The molecule has 0 aromatic carbocycles. The van der Waals surface area contributed by atoms with Gasteiger partial charge in [-0.3, -0.25) is 5.41 Å². The third-order valence-electron chi connectivity index (χ3n) is 0.694. The van der Waals surface area contributed by atoms with E-state index in [1.165, 1.54) is 0 Å². The molecule has 0 atom stereocenters. The number of hydrazone groups is 1. The van der Waals surface area contributed by atoms with Crippen molar-refractivity contribution in [3.63, 3.8) is 0 Å². The maximum Gasteiger partial charge on any atom is 0.206 e. The summed E-state index contributed by atoms with van der Waals surface area (Å²) in [5, 5.41) is 10.3. The van der Waals surface area contributed by atoms with Crippen molar-refractivity contribution in [3.8, 4) is 0 Å². The smallest absolute Gasteiger partial charge is 0.206 e. The third-order valence-corrected chi connectivity index (χ3v) is 0.694. The summed E-state index contributed by atoms with van der Waals surface area (Å²) in [7, 11) is 0. The van der Waals surface area contributed by atoms with E-state index in [0.29, 0.717) is 0 Å². The molecule has 0 aliphatic rings. The van der Waals surface area contributed by atoms with E-state index in [9.17, 15) is 0 Å². The molecule has 0 bridgehead atoms. The topological polar surface area (TPSA) is 74.3 Å². The highest BCUT2D eigenvalue weighted by molar-refractivity contribution is 5.85. The van der Waals surface area contributed by atoms with Gasteiger partial charge < -0.3 is 5.73 Å². The summed E-state index contributed by atoms with van der Waals surface area (Å²) in [5.74, 6) is -0.123. The molecule has 4 nitrogen and oxygen atoms in total. The van der Waals surface area contributed by atoms with Crippen molar-refractivity contribution >= 4 is 24.6 Å². The van der Waals surface area contributed by atoms with Crippen LogP contribution in [-0.4, -0.2) is 12.2 Å². The largest absolute Gasteiger partial charge is 0.369 e. The Labute approximate surface area is 66.8 Å². The van der Waals surface area contributed by atoms with Gasteiger partial charge in [0.25, 0.3) is 0 Å². The predicted octanol–water partition coefficient (Wildman–Crippen LogP) is 0.677. The van der Waals surface area contributed by atoms with E-state index in [4.69, 9.17) is 11.1 Å². The number of hydrogen-bond donors (Lipinski definition) is 3. The van der Waals surface area contributed by atoms with Gasteiger partial charge in [-0.2, -0.15) is 5.10 Å². The minimum Gasteiger partial charge on any atom is -0.369 e. The zero-order valence-corrected chi connectivity index (χ0v) is 6.74. The zero-order valence-electron chi connectivity index (χ0n) is 5.92. The number of nitrogens with zero attached hydrogens (tertiary/aromatic N) is 1. The SMILES string of the molecule is CCCC=NNC(=N)N.Cl. The highest BCUT2D eigenvalue weighted by atomic mass is 35.5. The molecule has 0 heterocycles. The Morgan fingerprint density at radius 1 is 1.80 bits per heavy atom. The Bertz CT molecular complexity index is 112. The van der Waals surface area contributed by atoms with Crippen LogP contribution in [0, 0.1) is 5.41 Å². The molecule has 0 aromatic rings. The molecule has 0 aromatic heterocycles. The van der Waals surface area contributed by atoms with Crippen molar-refractivity contribution in [2.24, 2.45) is 10.8 Å². The first-order chi connectivity index (χ1) is 4.27. The Kier molecular flexibility index (Phi) is 9.84.